The topological polar surface area (TPSA) is 50.8 Å². The Balaban J connectivity index is 1.73. The number of para-hydroxylation sites is 1. The van der Waals surface area contributed by atoms with Crippen molar-refractivity contribution >= 4 is 23.2 Å². The van der Waals surface area contributed by atoms with E-state index in [0.717, 1.165) is 18.7 Å². The predicted molar refractivity (Wildman–Crippen MR) is 103 cm³/mol. The molecule has 1 unspecified atom stereocenters. The highest BCUT2D eigenvalue weighted by molar-refractivity contribution is 6.33. The Hall–Kier alpha value is -2.24. The average molecular weight is 375 g/mol. The second-order valence-electron chi connectivity index (χ2n) is 6.33. The number of methoxy groups -OCH3 is 2. The molecule has 1 aliphatic heterocycles. The van der Waals surface area contributed by atoms with Crippen molar-refractivity contribution in [1.82, 2.24) is 4.90 Å². The van der Waals surface area contributed by atoms with Crippen LogP contribution >= 0.6 is 11.6 Å². The van der Waals surface area contributed by atoms with Gasteiger partial charge in [-0.15, -0.1) is 0 Å². The van der Waals surface area contributed by atoms with Gasteiger partial charge >= 0.3 is 0 Å². The van der Waals surface area contributed by atoms with E-state index in [1.165, 1.54) is 11.1 Å². The highest BCUT2D eigenvalue weighted by Gasteiger charge is 2.27. The van der Waals surface area contributed by atoms with Crippen LogP contribution in [0.5, 0.6) is 11.5 Å². The van der Waals surface area contributed by atoms with Crippen LogP contribution in [0, 0.1) is 0 Å². The van der Waals surface area contributed by atoms with Crippen molar-refractivity contribution in [3.8, 4) is 11.5 Å². The Labute approximate surface area is 158 Å². The third kappa shape index (κ3) is 3.79. The van der Waals surface area contributed by atoms with Crippen molar-refractivity contribution in [2.75, 3.05) is 32.6 Å². The van der Waals surface area contributed by atoms with Crippen LogP contribution in [-0.2, 0) is 11.2 Å². The van der Waals surface area contributed by atoms with Crippen LogP contribution in [0.4, 0.5) is 5.69 Å². The smallest absolute Gasteiger partial charge is 0.238 e. The molecule has 26 heavy (non-hydrogen) atoms. The Morgan fingerprint density at radius 1 is 1.23 bits per heavy atom. The van der Waals surface area contributed by atoms with Crippen LogP contribution in [0.15, 0.2) is 36.4 Å². The lowest BCUT2D eigenvalue weighted by Gasteiger charge is -2.35. The minimum absolute atomic E-state index is 0.0751. The van der Waals surface area contributed by atoms with Gasteiger partial charge in [-0.25, -0.2) is 0 Å². The van der Waals surface area contributed by atoms with E-state index in [1.54, 1.807) is 26.4 Å². The molecule has 0 aliphatic carbocycles. The Morgan fingerprint density at radius 2 is 1.92 bits per heavy atom. The normalized spacial score (nSPS) is 16.7. The van der Waals surface area contributed by atoms with Crippen molar-refractivity contribution in [3.05, 3.63) is 52.5 Å². The summed E-state index contributed by atoms with van der Waals surface area (Å²) < 4.78 is 10.8. The molecule has 1 atom stereocenters. The van der Waals surface area contributed by atoms with E-state index in [0.29, 0.717) is 23.0 Å². The van der Waals surface area contributed by atoms with E-state index in [1.807, 2.05) is 24.3 Å². The number of benzene rings is 2. The fraction of sp³-hybridized carbons (Fsp3) is 0.350. The van der Waals surface area contributed by atoms with Crippen molar-refractivity contribution in [2.24, 2.45) is 0 Å². The zero-order chi connectivity index (χ0) is 18.7. The third-order valence-corrected chi connectivity index (χ3v) is 5.14. The van der Waals surface area contributed by atoms with Crippen LogP contribution in [0.1, 0.15) is 24.1 Å². The lowest BCUT2D eigenvalue weighted by atomic mass is 9.93. The van der Waals surface area contributed by atoms with E-state index in [-0.39, 0.29) is 11.9 Å². The predicted octanol–water partition coefficient (Wildman–Crippen LogP) is 3.92. The number of fused-ring (bicyclic) bond motifs is 1. The molecule has 1 heterocycles. The van der Waals surface area contributed by atoms with Gasteiger partial charge in [-0.1, -0.05) is 23.7 Å². The first kappa shape index (κ1) is 18.5. The first-order valence-electron chi connectivity index (χ1n) is 8.56. The average Bonchev–Trinajstić information content (AvgIpc) is 2.65. The van der Waals surface area contributed by atoms with E-state index >= 15 is 0 Å². The summed E-state index contributed by atoms with van der Waals surface area (Å²) in [7, 11) is 3.27. The van der Waals surface area contributed by atoms with Gasteiger partial charge in [0, 0.05) is 12.6 Å². The maximum atomic E-state index is 12.5. The highest BCUT2D eigenvalue weighted by atomic mass is 35.5. The van der Waals surface area contributed by atoms with Crippen LogP contribution < -0.4 is 14.8 Å². The summed E-state index contributed by atoms with van der Waals surface area (Å²) in [6.07, 6.45) is 0.861. The molecular formula is C20H23ClN2O3. The Kier molecular flexibility index (Phi) is 5.69. The zero-order valence-corrected chi connectivity index (χ0v) is 16.0. The van der Waals surface area contributed by atoms with E-state index in [2.05, 4.69) is 17.1 Å². The summed E-state index contributed by atoms with van der Waals surface area (Å²) in [6.45, 7) is 3.21. The largest absolute Gasteiger partial charge is 0.493 e. The molecule has 0 spiro atoms. The number of hydrogen-bond donors (Lipinski definition) is 1. The molecule has 3 rings (SSSR count). The first-order valence-corrected chi connectivity index (χ1v) is 8.94. The molecule has 1 aliphatic rings. The van der Waals surface area contributed by atoms with E-state index in [4.69, 9.17) is 21.1 Å². The monoisotopic (exact) mass is 374 g/mol. The SMILES string of the molecule is COc1cc2c(cc1OC)C(C)N(CC(=O)Nc1ccccc1Cl)CC2. The molecular weight excluding hydrogens is 352 g/mol. The zero-order valence-electron chi connectivity index (χ0n) is 15.2. The number of anilines is 1. The number of amides is 1. The number of ether oxygens (including phenoxy) is 2. The van der Waals surface area contributed by atoms with Crippen molar-refractivity contribution in [2.45, 2.75) is 19.4 Å². The second kappa shape index (κ2) is 7.98. The van der Waals surface area contributed by atoms with Gasteiger partial charge in [0.1, 0.15) is 0 Å². The highest BCUT2D eigenvalue weighted by Crippen LogP contribution is 2.37. The maximum Gasteiger partial charge on any atom is 0.238 e. The van der Waals surface area contributed by atoms with Crippen LogP contribution in [0.2, 0.25) is 5.02 Å². The Morgan fingerprint density at radius 3 is 2.62 bits per heavy atom. The van der Waals surface area contributed by atoms with Gasteiger partial charge in [0.2, 0.25) is 5.91 Å². The summed E-state index contributed by atoms with van der Waals surface area (Å²) in [5, 5.41) is 3.42. The van der Waals surface area contributed by atoms with Crippen molar-refractivity contribution in [3.63, 3.8) is 0 Å². The molecule has 0 aromatic heterocycles. The van der Waals surface area contributed by atoms with Crippen LogP contribution in [0.3, 0.4) is 0 Å². The molecule has 0 fully saturated rings. The molecule has 0 bridgehead atoms. The van der Waals surface area contributed by atoms with Gasteiger partial charge in [-0.3, -0.25) is 9.69 Å². The standard InChI is InChI=1S/C20H23ClN2O3/c1-13-15-11-19(26-3)18(25-2)10-14(15)8-9-23(13)12-20(24)22-17-7-5-4-6-16(17)21/h4-7,10-11,13H,8-9,12H2,1-3H3,(H,22,24). The summed E-state index contributed by atoms with van der Waals surface area (Å²) in [4.78, 5) is 14.6. The molecule has 0 saturated carbocycles. The molecule has 138 valence electrons. The number of rotatable bonds is 5. The van der Waals surface area contributed by atoms with Gasteiger partial charge in [-0.05, 0) is 48.7 Å². The second-order valence-corrected chi connectivity index (χ2v) is 6.74. The van der Waals surface area contributed by atoms with Crippen LogP contribution in [-0.4, -0.2) is 38.1 Å². The van der Waals surface area contributed by atoms with Gasteiger partial charge in [-0.2, -0.15) is 0 Å². The van der Waals surface area contributed by atoms with Gasteiger partial charge in [0.15, 0.2) is 11.5 Å². The van der Waals surface area contributed by atoms with Crippen LogP contribution in [0.25, 0.3) is 0 Å². The minimum atomic E-state index is -0.0751. The van der Waals surface area contributed by atoms with Gasteiger partial charge < -0.3 is 14.8 Å². The number of nitrogens with one attached hydrogen (secondary N) is 1. The molecule has 0 radical (unpaired) electrons. The molecule has 0 saturated heterocycles. The lowest BCUT2D eigenvalue weighted by Crippen LogP contribution is -2.39. The number of carbonyl (C=O) groups excluding carboxylic acids is 1. The lowest BCUT2D eigenvalue weighted by molar-refractivity contribution is -0.117. The third-order valence-electron chi connectivity index (χ3n) is 4.81. The fourth-order valence-corrected chi connectivity index (χ4v) is 3.53. The number of hydrogen-bond acceptors (Lipinski definition) is 4. The van der Waals surface area contributed by atoms with E-state index in [9.17, 15) is 4.79 Å². The quantitative estimate of drug-likeness (QED) is 0.861. The number of nitrogens with zero attached hydrogens (tertiary/aromatic N) is 1. The summed E-state index contributed by atoms with van der Waals surface area (Å²) >= 11 is 6.11. The summed E-state index contributed by atoms with van der Waals surface area (Å²) in [5.74, 6) is 1.37. The molecule has 6 heteroatoms. The molecule has 2 aromatic carbocycles. The first-order chi connectivity index (χ1) is 12.5. The Bertz CT molecular complexity index is 810. The van der Waals surface area contributed by atoms with Crippen molar-refractivity contribution in [1.29, 1.82) is 0 Å². The van der Waals surface area contributed by atoms with Crippen molar-refractivity contribution < 1.29 is 14.3 Å². The maximum absolute atomic E-state index is 12.5. The van der Waals surface area contributed by atoms with Gasteiger partial charge in [0.25, 0.3) is 0 Å². The summed E-state index contributed by atoms with van der Waals surface area (Å²) in [5.41, 5.74) is 3.04. The van der Waals surface area contributed by atoms with Gasteiger partial charge in [0.05, 0.1) is 31.5 Å². The molecule has 1 N–H and O–H groups in total. The number of carbonyl (C=O) groups is 1. The summed E-state index contributed by atoms with van der Waals surface area (Å²) in [6, 6.07) is 11.4. The molecule has 5 nitrogen and oxygen atoms in total. The minimum Gasteiger partial charge on any atom is -0.493 e. The molecule has 2 aromatic rings. The molecule has 1 amide bonds. The fourth-order valence-electron chi connectivity index (χ4n) is 3.35. The van der Waals surface area contributed by atoms with E-state index < -0.39 is 0 Å². The number of halogens is 1.